The van der Waals surface area contributed by atoms with Crippen LogP contribution in [0.5, 0.6) is 11.5 Å². The van der Waals surface area contributed by atoms with Gasteiger partial charge in [0.05, 0.1) is 14.2 Å². The van der Waals surface area contributed by atoms with Crippen LogP contribution in [0, 0.1) is 0 Å². The summed E-state index contributed by atoms with van der Waals surface area (Å²) in [4.78, 5) is 14.6. The van der Waals surface area contributed by atoms with Gasteiger partial charge >= 0.3 is 0 Å². The molecule has 0 aliphatic heterocycles. The molecule has 0 atom stereocenters. The van der Waals surface area contributed by atoms with Crippen LogP contribution in [0.15, 0.2) is 48.5 Å². The maximum Gasteiger partial charge on any atom is 0.254 e. The van der Waals surface area contributed by atoms with Crippen molar-refractivity contribution < 1.29 is 14.3 Å². The molecule has 122 valence electrons. The largest absolute Gasteiger partial charge is 0.497 e. The number of hydrogen-bond donors (Lipinski definition) is 0. The van der Waals surface area contributed by atoms with Gasteiger partial charge in [0.2, 0.25) is 0 Å². The van der Waals surface area contributed by atoms with Crippen molar-refractivity contribution in [3.05, 3.63) is 59.7 Å². The Bertz CT molecular complexity index is 637. The molecular formula is C19H23NO3. The van der Waals surface area contributed by atoms with E-state index in [1.54, 1.807) is 20.3 Å². The summed E-state index contributed by atoms with van der Waals surface area (Å²) in [5, 5.41) is 0. The first-order valence-corrected chi connectivity index (χ1v) is 7.74. The zero-order valence-corrected chi connectivity index (χ0v) is 13.9. The molecule has 1 amide bonds. The third-order valence-corrected chi connectivity index (χ3v) is 3.63. The van der Waals surface area contributed by atoms with Crippen molar-refractivity contribution >= 4 is 5.91 Å². The van der Waals surface area contributed by atoms with E-state index in [1.165, 1.54) is 0 Å². The maximum absolute atomic E-state index is 12.8. The molecule has 0 saturated carbocycles. The van der Waals surface area contributed by atoms with E-state index in [1.807, 2.05) is 47.4 Å². The maximum atomic E-state index is 12.8. The van der Waals surface area contributed by atoms with E-state index in [2.05, 4.69) is 6.92 Å². The second-order valence-corrected chi connectivity index (χ2v) is 5.31. The molecule has 0 aromatic heterocycles. The number of carbonyl (C=O) groups is 1. The number of amides is 1. The van der Waals surface area contributed by atoms with Crippen molar-refractivity contribution in [2.75, 3.05) is 20.8 Å². The van der Waals surface area contributed by atoms with Crippen molar-refractivity contribution in [3.63, 3.8) is 0 Å². The number of methoxy groups -OCH3 is 2. The highest BCUT2D eigenvalue weighted by molar-refractivity contribution is 5.94. The van der Waals surface area contributed by atoms with Crippen LogP contribution in [-0.2, 0) is 6.54 Å². The van der Waals surface area contributed by atoms with Crippen molar-refractivity contribution in [1.29, 1.82) is 0 Å². The van der Waals surface area contributed by atoms with Crippen molar-refractivity contribution in [3.8, 4) is 11.5 Å². The van der Waals surface area contributed by atoms with Crippen LogP contribution in [0.4, 0.5) is 0 Å². The first-order chi connectivity index (χ1) is 11.2. The van der Waals surface area contributed by atoms with Crippen LogP contribution in [0.1, 0.15) is 29.3 Å². The number of hydrogen-bond acceptors (Lipinski definition) is 3. The minimum absolute atomic E-state index is 0.0153. The monoisotopic (exact) mass is 313 g/mol. The van der Waals surface area contributed by atoms with Crippen LogP contribution in [0.2, 0.25) is 0 Å². The van der Waals surface area contributed by atoms with Crippen LogP contribution >= 0.6 is 0 Å². The van der Waals surface area contributed by atoms with Gasteiger partial charge in [-0.3, -0.25) is 4.79 Å². The van der Waals surface area contributed by atoms with Gasteiger partial charge in [-0.1, -0.05) is 25.1 Å². The molecule has 0 unspecified atom stereocenters. The van der Waals surface area contributed by atoms with Gasteiger partial charge in [0.25, 0.3) is 5.91 Å². The summed E-state index contributed by atoms with van der Waals surface area (Å²) >= 11 is 0. The van der Waals surface area contributed by atoms with E-state index in [-0.39, 0.29) is 5.91 Å². The molecule has 0 heterocycles. The van der Waals surface area contributed by atoms with E-state index in [9.17, 15) is 4.79 Å². The number of carbonyl (C=O) groups excluding carboxylic acids is 1. The van der Waals surface area contributed by atoms with Crippen LogP contribution < -0.4 is 9.47 Å². The lowest BCUT2D eigenvalue weighted by atomic mass is 10.1. The fourth-order valence-electron chi connectivity index (χ4n) is 2.41. The molecular weight excluding hydrogens is 290 g/mol. The minimum atomic E-state index is 0.0153. The molecule has 2 aromatic rings. The zero-order valence-electron chi connectivity index (χ0n) is 13.9. The fraction of sp³-hybridized carbons (Fsp3) is 0.316. The van der Waals surface area contributed by atoms with Gasteiger partial charge in [-0.2, -0.15) is 0 Å². The van der Waals surface area contributed by atoms with Crippen molar-refractivity contribution in [2.24, 2.45) is 0 Å². The average molecular weight is 313 g/mol. The predicted octanol–water partition coefficient (Wildman–Crippen LogP) is 3.76. The van der Waals surface area contributed by atoms with Crippen molar-refractivity contribution in [2.45, 2.75) is 19.9 Å². The fourth-order valence-corrected chi connectivity index (χ4v) is 2.41. The van der Waals surface area contributed by atoms with Gasteiger partial charge in [0.15, 0.2) is 0 Å². The van der Waals surface area contributed by atoms with E-state index in [4.69, 9.17) is 9.47 Å². The number of rotatable bonds is 7. The molecule has 2 aromatic carbocycles. The summed E-state index contributed by atoms with van der Waals surface area (Å²) in [7, 11) is 3.25. The zero-order chi connectivity index (χ0) is 16.7. The summed E-state index contributed by atoms with van der Waals surface area (Å²) in [6, 6.07) is 15.1. The predicted molar refractivity (Wildman–Crippen MR) is 91.0 cm³/mol. The molecule has 0 aliphatic carbocycles. The molecule has 0 radical (unpaired) electrons. The summed E-state index contributed by atoms with van der Waals surface area (Å²) in [5.41, 5.74) is 1.72. The van der Waals surface area contributed by atoms with E-state index < -0.39 is 0 Å². The van der Waals surface area contributed by atoms with E-state index in [0.717, 1.165) is 17.7 Å². The van der Waals surface area contributed by atoms with Crippen molar-refractivity contribution in [1.82, 2.24) is 4.90 Å². The molecule has 2 rings (SSSR count). The lowest BCUT2D eigenvalue weighted by molar-refractivity contribution is 0.0743. The highest BCUT2D eigenvalue weighted by Crippen LogP contribution is 2.17. The van der Waals surface area contributed by atoms with Gasteiger partial charge < -0.3 is 14.4 Å². The minimum Gasteiger partial charge on any atom is -0.497 e. The van der Waals surface area contributed by atoms with Crippen LogP contribution in [0.25, 0.3) is 0 Å². The lowest BCUT2D eigenvalue weighted by Gasteiger charge is -2.22. The van der Waals surface area contributed by atoms with Gasteiger partial charge in [0, 0.05) is 18.7 Å². The lowest BCUT2D eigenvalue weighted by Crippen LogP contribution is -2.31. The van der Waals surface area contributed by atoms with Crippen LogP contribution in [-0.4, -0.2) is 31.6 Å². The molecule has 0 fully saturated rings. The molecule has 0 bridgehead atoms. The second-order valence-electron chi connectivity index (χ2n) is 5.31. The van der Waals surface area contributed by atoms with Gasteiger partial charge in [-0.05, 0) is 42.3 Å². The third kappa shape index (κ3) is 4.49. The molecule has 0 spiro atoms. The first-order valence-electron chi connectivity index (χ1n) is 7.74. The molecule has 0 saturated heterocycles. The Morgan fingerprint density at radius 1 is 1.00 bits per heavy atom. The summed E-state index contributed by atoms with van der Waals surface area (Å²) in [6.07, 6.45) is 0.909. The summed E-state index contributed by atoms with van der Waals surface area (Å²) < 4.78 is 10.4. The first kappa shape index (κ1) is 16.9. The molecule has 4 nitrogen and oxygen atoms in total. The smallest absolute Gasteiger partial charge is 0.254 e. The summed E-state index contributed by atoms with van der Waals surface area (Å²) in [5.74, 6) is 1.52. The number of benzene rings is 2. The SMILES string of the molecule is CCCN(Cc1ccc(OC)cc1)C(=O)c1cccc(OC)c1. The Labute approximate surface area is 137 Å². The Kier molecular flexibility index (Phi) is 6.03. The Balaban J connectivity index is 2.17. The third-order valence-electron chi connectivity index (χ3n) is 3.63. The van der Waals surface area contributed by atoms with E-state index in [0.29, 0.717) is 24.4 Å². The van der Waals surface area contributed by atoms with Gasteiger partial charge in [-0.15, -0.1) is 0 Å². The Morgan fingerprint density at radius 2 is 1.70 bits per heavy atom. The topological polar surface area (TPSA) is 38.8 Å². The van der Waals surface area contributed by atoms with Crippen LogP contribution in [0.3, 0.4) is 0 Å². The highest BCUT2D eigenvalue weighted by Gasteiger charge is 2.16. The molecule has 0 N–H and O–H groups in total. The number of nitrogens with zero attached hydrogens (tertiary/aromatic N) is 1. The molecule has 0 aliphatic rings. The summed E-state index contributed by atoms with van der Waals surface area (Å²) in [6.45, 7) is 3.36. The molecule has 4 heteroatoms. The number of ether oxygens (including phenoxy) is 2. The molecule has 23 heavy (non-hydrogen) atoms. The quantitative estimate of drug-likeness (QED) is 0.781. The normalized spacial score (nSPS) is 10.2. The van der Waals surface area contributed by atoms with Gasteiger partial charge in [-0.25, -0.2) is 0 Å². The van der Waals surface area contributed by atoms with Gasteiger partial charge in [0.1, 0.15) is 11.5 Å². The Morgan fingerprint density at radius 3 is 2.30 bits per heavy atom. The average Bonchev–Trinajstić information content (AvgIpc) is 2.61. The second kappa shape index (κ2) is 8.22. The Hall–Kier alpha value is -2.49. The van der Waals surface area contributed by atoms with E-state index >= 15 is 0 Å². The highest BCUT2D eigenvalue weighted by atomic mass is 16.5. The standard InChI is InChI=1S/C19H23NO3/c1-4-12-20(14-15-8-10-17(22-2)11-9-15)19(21)16-6-5-7-18(13-16)23-3/h5-11,13H,4,12,14H2,1-3H3.